The van der Waals surface area contributed by atoms with Crippen LogP contribution in [-0.4, -0.2) is 16.7 Å². The molecule has 0 radical (unpaired) electrons. The van der Waals surface area contributed by atoms with Gasteiger partial charge in [0.15, 0.2) is 0 Å². The molecule has 1 aromatic rings. The van der Waals surface area contributed by atoms with Crippen LogP contribution in [0.1, 0.15) is 5.56 Å². The molecule has 1 aliphatic heterocycles. The van der Waals surface area contributed by atoms with Gasteiger partial charge in [-0.2, -0.15) is 0 Å². The molecule has 1 aliphatic rings. The maximum atomic E-state index is 13.1. The van der Waals surface area contributed by atoms with Gasteiger partial charge >= 0.3 is 0 Å². The molecule has 17 heavy (non-hydrogen) atoms. The SMILES string of the molecule is O=C1C=C(c2cc(F)cc([N+](=O)[O-])c2)C(=O)N1. The summed E-state index contributed by atoms with van der Waals surface area (Å²) in [5.74, 6) is -2.17. The standard InChI is InChI=1S/C10H5FN2O4/c11-6-1-5(2-7(3-6)13(16)17)8-4-9(14)12-10(8)15/h1-4H,(H,12,14,15). The van der Waals surface area contributed by atoms with E-state index in [1.165, 1.54) is 0 Å². The average Bonchev–Trinajstić information content (AvgIpc) is 2.57. The first-order chi connectivity index (χ1) is 7.97. The summed E-state index contributed by atoms with van der Waals surface area (Å²) in [6.07, 6.45) is 0.973. The maximum absolute atomic E-state index is 13.1. The summed E-state index contributed by atoms with van der Waals surface area (Å²) in [6.45, 7) is 0. The Morgan fingerprint density at radius 1 is 1.24 bits per heavy atom. The zero-order valence-corrected chi connectivity index (χ0v) is 8.27. The van der Waals surface area contributed by atoms with Crippen LogP contribution in [0.3, 0.4) is 0 Å². The van der Waals surface area contributed by atoms with Crippen LogP contribution in [0.25, 0.3) is 5.57 Å². The van der Waals surface area contributed by atoms with E-state index in [1.807, 2.05) is 5.32 Å². The van der Waals surface area contributed by atoms with Gasteiger partial charge in [0.05, 0.1) is 16.6 Å². The van der Waals surface area contributed by atoms with Crippen molar-refractivity contribution in [3.8, 4) is 0 Å². The fourth-order valence-electron chi connectivity index (χ4n) is 1.46. The van der Waals surface area contributed by atoms with Gasteiger partial charge in [-0.25, -0.2) is 4.39 Å². The molecule has 0 aliphatic carbocycles. The van der Waals surface area contributed by atoms with Crippen molar-refractivity contribution in [1.82, 2.24) is 5.32 Å². The maximum Gasteiger partial charge on any atom is 0.272 e. The molecule has 0 atom stereocenters. The van der Waals surface area contributed by atoms with Crippen LogP contribution < -0.4 is 5.32 Å². The van der Waals surface area contributed by atoms with Gasteiger partial charge in [-0.15, -0.1) is 0 Å². The van der Waals surface area contributed by atoms with E-state index in [0.29, 0.717) is 0 Å². The van der Waals surface area contributed by atoms with Crippen molar-refractivity contribution in [2.75, 3.05) is 0 Å². The Morgan fingerprint density at radius 3 is 2.47 bits per heavy atom. The Bertz CT molecular complexity index is 580. The van der Waals surface area contributed by atoms with Crippen molar-refractivity contribution >= 4 is 23.1 Å². The fraction of sp³-hybridized carbons (Fsp3) is 0. The van der Waals surface area contributed by atoms with Crippen molar-refractivity contribution < 1.29 is 18.9 Å². The van der Waals surface area contributed by atoms with Crippen molar-refractivity contribution in [1.29, 1.82) is 0 Å². The predicted octanol–water partition coefficient (Wildman–Crippen LogP) is 0.774. The van der Waals surface area contributed by atoms with Gasteiger partial charge in [0.2, 0.25) is 0 Å². The number of nitrogens with zero attached hydrogens (tertiary/aromatic N) is 1. The van der Waals surface area contributed by atoms with Crippen molar-refractivity contribution in [3.05, 3.63) is 45.8 Å². The van der Waals surface area contributed by atoms with E-state index in [0.717, 1.165) is 24.3 Å². The molecule has 0 aromatic heterocycles. The molecule has 0 unspecified atom stereocenters. The Hall–Kier alpha value is -2.57. The van der Waals surface area contributed by atoms with E-state index in [2.05, 4.69) is 0 Å². The summed E-state index contributed by atoms with van der Waals surface area (Å²) in [5, 5.41) is 12.5. The second kappa shape index (κ2) is 3.78. The van der Waals surface area contributed by atoms with Crippen LogP contribution >= 0.6 is 0 Å². The number of imide groups is 1. The minimum Gasteiger partial charge on any atom is -0.289 e. The lowest BCUT2D eigenvalue weighted by Gasteiger charge is -2.00. The van der Waals surface area contributed by atoms with Crippen molar-refractivity contribution in [2.45, 2.75) is 0 Å². The zero-order valence-electron chi connectivity index (χ0n) is 8.27. The Morgan fingerprint density at radius 2 is 1.94 bits per heavy atom. The summed E-state index contributed by atoms with van der Waals surface area (Å²) in [6, 6.07) is 2.73. The van der Waals surface area contributed by atoms with Gasteiger partial charge in [0.1, 0.15) is 5.82 Å². The van der Waals surface area contributed by atoms with E-state index in [1.54, 1.807) is 0 Å². The number of carbonyl (C=O) groups is 2. The summed E-state index contributed by atoms with van der Waals surface area (Å²) in [7, 11) is 0. The predicted molar refractivity (Wildman–Crippen MR) is 54.2 cm³/mol. The number of hydrogen-bond donors (Lipinski definition) is 1. The molecule has 0 saturated heterocycles. The Balaban J connectivity index is 2.53. The highest BCUT2D eigenvalue weighted by Gasteiger charge is 2.24. The second-order valence-electron chi connectivity index (χ2n) is 3.33. The second-order valence-corrected chi connectivity index (χ2v) is 3.33. The number of nitro benzene ring substituents is 1. The third-order valence-corrected chi connectivity index (χ3v) is 2.16. The lowest BCUT2D eigenvalue weighted by Crippen LogP contribution is -2.21. The molecule has 86 valence electrons. The van der Waals surface area contributed by atoms with Crippen LogP contribution in [0.2, 0.25) is 0 Å². The van der Waals surface area contributed by atoms with Gasteiger partial charge in [-0.05, 0) is 11.6 Å². The zero-order chi connectivity index (χ0) is 12.6. The van der Waals surface area contributed by atoms with Crippen LogP contribution in [0, 0.1) is 15.9 Å². The molecule has 1 heterocycles. The highest BCUT2D eigenvalue weighted by atomic mass is 19.1. The molecule has 7 heteroatoms. The molecular formula is C10H5FN2O4. The number of nitrogens with one attached hydrogen (secondary N) is 1. The van der Waals surface area contributed by atoms with Crippen LogP contribution in [-0.2, 0) is 9.59 Å². The molecule has 1 N–H and O–H groups in total. The van der Waals surface area contributed by atoms with E-state index >= 15 is 0 Å². The summed E-state index contributed by atoms with van der Waals surface area (Å²) >= 11 is 0. The number of nitro groups is 1. The fourth-order valence-corrected chi connectivity index (χ4v) is 1.46. The first-order valence-corrected chi connectivity index (χ1v) is 4.50. The highest BCUT2D eigenvalue weighted by Crippen LogP contribution is 2.24. The average molecular weight is 236 g/mol. The lowest BCUT2D eigenvalue weighted by molar-refractivity contribution is -0.385. The largest absolute Gasteiger partial charge is 0.289 e. The Labute approximate surface area is 93.9 Å². The number of halogens is 1. The minimum absolute atomic E-state index is 0.0000463. The van der Waals surface area contributed by atoms with Gasteiger partial charge in [0, 0.05) is 12.1 Å². The van der Waals surface area contributed by atoms with Crippen LogP contribution in [0.4, 0.5) is 10.1 Å². The number of hydrogen-bond acceptors (Lipinski definition) is 4. The molecular weight excluding hydrogens is 231 g/mol. The van der Waals surface area contributed by atoms with E-state index in [9.17, 15) is 24.1 Å². The number of non-ortho nitro benzene ring substituents is 1. The molecule has 2 rings (SSSR count). The quantitative estimate of drug-likeness (QED) is 0.466. The molecule has 0 bridgehead atoms. The summed E-state index contributed by atoms with van der Waals surface area (Å²) < 4.78 is 13.1. The first kappa shape index (κ1) is 10.9. The van der Waals surface area contributed by atoms with Gasteiger partial charge in [-0.3, -0.25) is 25.0 Å². The highest BCUT2D eigenvalue weighted by molar-refractivity contribution is 6.33. The van der Waals surface area contributed by atoms with E-state index in [4.69, 9.17) is 0 Å². The minimum atomic E-state index is -0.845. The topological polar surface area (TPSA) is 89.3 Å². The summed E-state index contributed by atoms with van der Waals surface area (Å²) in [4.78, 5) is 31.9. The number of amides is 2. The van der Waals surface area contributed by atoms with E-state index < -0.39 is 28.2 Å². The van der Waals surface area contributed by atoms with Gasteiger partial charge in [0.25, 0.3) is 17.5 Å². The lowest BCUT2D eigenvalue weighted by atomic mass is 10.1. The normalized spacial score (nSPS) is 14.5. The Kier molecular flexibility index (Phi) is 2.43. The number of benzene rings is 1. The molecule has 1 aromatic carbocycles. The molecule has 2 amide bonds. The van der Waals surface area contributed by atoms with Crippen molar-refractivity contribution in [2.24, 2.45) is 0 Å². The number of carbonyl (C=O) groups excluding carboxylic acids is 2. The van der Waals surface area contributed by atoms with Gasteiger partial charge in [-0.1, -0.05) is 0 Å². The molecule has 0 saturated carbocycles. The van der Waals surface area contributed by atoms with Crippen molar-refractivity contribution in [3.63, 3.8) is 0 Å². The van der Waals surface area contributed by atoms with E-state index in [-0.39, 0.29) is 11.1 Å². The van der Waals surface area contributed by atoms with Crippen LogP contribution in [0.5, 0.6) is 0 Å². The van der Waals surface area contributed by atoms with Crippen LogP contribution in [0.15, 0.2) is 24.3 Å². The molecule has 0 spiro atoms. The third-order valence-electron chi connectivity index (χ3n) is 2.16. The summed E-state index contributed by atoms with van der Waals surface area (Å²) in [5.41, 5.74) is -0.564. The smallest absolute Gasteiger partial charge is 0.272 e. The third kappa shape index (κ3) is 2.03. The number of rotatable bonds is 2. The molecule has 6 nitrogen and oxygen atoms in total. The monoisotopic (exact) mass is 236 g/mol. The molecule has 0 fully saturated rings. The van der Waals surface area contributed by atoms with Gasteiger partial charge < -0.3 is 0 Å². The first-order valence-electron chi connectivity index (χ1n) is 4.50.